The zero-order valence-corrected chi connectivity index (χ0v) is 17.0. The molecular formula is C22H24F2N2O4. The van der Waals surface area contributed by atoms with Crippen molar-refractivity contribution in [2.75, 3.05) is 19.5 Å². The minimum Gasteiger partial charge on any atom is -0.493 e. The Morgan fingerprint density at radius 1 is 1.17 bits per heavy atom. The molecular weight excluding hydrogens is 394 g/mol. The van der Waals surface area contributed by atoms with Gasteiger partial charge in [0.2, 0.25) is 5.91 Å². The van der Waals surface area contributed by atoms with E-state index in [1.807, 2.05) is 6.92 Å². The van der Waals surface area contributed by atoms with Crippen LogP contribution in [0.1, 0.15) is 29.3 Å². The van der Waals surface area contributed by atoms with Gasteiger partial charge in [0.1, 0.15) is 0 Å². The molecule has 0 aliphatic heterocycles. The average Bonchev–Trinajstić information content (AvgIpc) is 3.45. The number of anilines is 1. The molecule has 2 amide bonds. The average molecular weight is 418 g/mol. The fraction of sp³-hybridized carbons (Fsp3) is 0.364. The summed E-state index contributed by atoms with van der Waals surface area (Å²) < 4.78 is 34.4. The lowest BCUT2D eigenvalue weighted by Crippen LogP contribution is -2.26. The number of carbonyl (C=O) groups excluding carboxylic acids is 2. The molecule has 1 aliphatic rings. The third-order valence-electron chi connectivity index (χ3n) is 5.06. The van der Waals surface area contributed by atoms with Crippen LogP contribution in [0.5, 0.6) is 11.5 Å². The summed E-state index contributed by atoms with van der Waals surface area (Å²) in [7, 11) is 3.00. The van der Waals surface area contributed by atoms with E-state index in [1.54, 1.807) is 43.4 Å². The predicted octanol–water partition coefficient (Wildman–Crippen LogP) is 4.16. The van der Waals surface area contributed by atoms with Gasteiger partial charge in [0.05, 0.1) is 7.11 Å². The van der Waals surface area contributed by atoms with Gasteiger partial charge >= 0.3 is 6.61 Å². The second kappa shape index (κ2) is 9.11. The summed E-state index contributed by atoms with van der Waals surface area (Å²) in [5, 5.41) is 2.86. The van der Waals surface area contributed by atoms with Gasteiger partial charge in [-0.15, -0.1) is 0 Å². The van der Waals surface area contributed by atoms with Crippen molar-refractivity contribution in [3.8, 4) is 11.5 Å². The molecule has 1 N–H and O–H groups in total. The number of nitrogens with zero attached hydrogens (tertiary/aromatic N) is 1. The van der Waals surface area contributed by atoms with Crippen LogP contribution in [0.4, 0.5) is 14.5 Å². The minimum atomic E-state index is -2.95. The molecule has 6 nitrogen and oxygen atoms in total. The van der Waals surface area contributed by atoms with Gasteiger partial charge in [-0.25, -0.2) is 0 Å². The number of carbonyl (C=O) groups is 2. The SMILES string of the molecule is COc1cc(CN(C)C(=O)c2ccc(NC(=O)C3CC3C)cc2)ccc1OC(F)F. The van der Waals surface area contributed by atoms with Crippen LogP contribution >= 0.6 is 0 Å². The van der Waals surface area contributed by atoms with Crippen molar-refractivity contribution in [3.05, 3.63) is 53.6 Å². The van der Waals surface area contributed by atoms with Crippen LogP contribution in [0.3, 0.4) is 0 Å². The highest BCUT2D eigenvalue weighted by molar-refractivity contribution is 5.96. The van der Waals surface area contributed by atoms with Crippen molar-refractivity contribution in [1.29, 1.82) is 0 Å². The number of alkyl halides is 2. The quantitative estimate of drug-likeness (QED) is 0.699. The number of rotatable bonds is 8. The lowest BCUT2D eigenvalue weighted by atomic mass is 10.1. The summed E-state index contributed by atoms with van der Waals surface area (Å²) in [4.78, 5) is 26.2. The zero-order chi connectivity index (χ0) is 21.8. The summed E-state index contributed by atoms with van der Waals surface area (Å²) >= 11 is 0. The molecule has 1 saturated carbocycles. The molecule has 1 aliphatic carbocycles. The highest BCUT2D eigenvalue weighted by Crippen LogP contribution is 2.38. The molecule has 0 bridgehead atoms. The van der Waals surface area contributed by atoms with Crippen LogP contribution in [-0.2, 0) is 11.3 Å². The number of halogens is 2. The van der Waals surface area contributed by atoms with E-state index in [-0.39, 0.29) is 35.8 Å². The van der Waals surface area contributed by atoms with Gasteiger partial charge in [0.25, 0.3) is 5.91 Å². The first-order valence-electron chi connectivity index (χ1n) is 9.56. The largest absolute Gasteiger partial charge is 0.493 e. The Morgan fingerprint density at radius 3 is 2.40 bits per heavy atom. The minimum absolute atomic E-state index is 0.00640. The van der Waals surface area contributed by atoms with E-state index < -0.39 is 6.61 Å². The molecule has 160 valence electrons. The molecule has 0 aromatic heterocycles. The number of ether oxygens (including phenoxy) is 2. The van der Waals surface area contributed by atoms with Crippen LogP contribution < -0.4 is 14.8 Å². The smallest absolute Gasteiger partial charge is 0.387 e. The summed E-state index contributed by atoms with van der Waals surface area (Å²) in [6.45, 7) is -0.659. The van der Waals surface area contributed by atoms with E-state index in [2.05, 4.69) is 10.1 Å². The topological polar surface area (TPSA) is 67.9 Å². The lowest BCUT2D eigenvalue weighted by Gasteiger charge is -2.19. The maximum absolute atomic E-state index is 12.7. The molecule has 1 fully saturated rings. The monoisotopic (exact) mass is 418 g/mol. The first-order valence-corrected chi connectivity index (χ1v) is 9.56. The van der Waals surface area contributed by atoms with Crippen LogP contribution in [0, 0.1) is 11.8 Å². The lowest BCUT2D eigenvalue weighted by molar-refractivity contribution is -0.117. The Kier molecular flexibility index (Phi) is 6.54. The Labute approximate surface area is 173 Å². The van der Waals surface area contributed by atoms with Crippen LogP contribution in [-0.4, -0.2) is 37.5 Å². The number of hydrogen-bond donors (Lipinski definition) is 1. The zero-order valence-electron chi connectivity index (χ0n) is 17.0. The van der Waals surface area contributed by atoms with E-state index in [9.17, 15) is 18.4 Å². The Bertz CT molecular complexity index is 918. The van der Waals surface area contributed by atoms with Crippen molar-refractivity contribution in [2.24, 2.45) is 11.8 Å². The molecule has 0 saturated heterocycles. The predicted molar refractivity (Wildman–Crippen MR) is 108 cm³/mol. The third kappa shape index (κ3) is 5.25. The first kappa shape index (κ1) is 21.5. The summed E-state index contributed by atoms with van der Waals surface area (Å²) in [5.41, 5.74) is 1.82. The Morgan fingerprint density at radius 2 is 1.83 bits per heavy atom. The maximum Gasteiger partial charge on any atom is 0.387 e. The van der Waals surface area contributed by atoms with Crippen molar-refractivity contribution in [2.45, 2.75) is 26.5 Å². The summed E-state index contributed by atoms with van der Waals surface area (Å²) in [5.74, 6) is 0.394. The van der Waals surface area contributed by atoms with Gasteiger partial charge in [0.15, 0.2) is 11.5 Å². The second-order valence-corrected chi connectivity index (χ2v) is 7.41. The highest BCUT2D eigenvalue weighted by atomic mass is 19.3. The molecule has 3 rings (SSSR count). The van der Waals surface area contributed by atoms with E-state index in [1.165, 1.54) is 18.1 Å². The van der Waals surface area contributed by atoms with E-state index in [0.717, 1.165) is 6.42 Å². The van der Waals surface area contributed by atoms with Crippen molar-refractivity contribution < 1.29 is 27.8 Å². The summed E-state index contributed by atoms with van der Waals surface area (Å²) in [6.07, 6.45) is 0.910. The molecule has 2 aromatic rings. The van der Waals surface area contributed by atoms with Crippen molar-refractivity contribution in [1.82, 2.24) is 4.90 Å². The number of methoxy groups -OCH3 is 1. The van der Waals surface area contributed by atoms with Crippen LogP contribution in [0.25, 0.3) is 0 Å². The van der Waals surface area contributed by atoms with Crippen molar-refractivity contribution in [3.63, 3.8) is 0 Å². The van der Waals surface area contributed by atoms with E-state index >= 15 is 0 Å². The first-order chi connectivity index (χ1) is 14.3. The van der Waals surface area contributed by atoms with Gasteiger partial charge in [-0.2, -0.15) is 8.78 Å². The van der Waals surface area contributed by atoms with Gasteiger partial charge in [0, 0.05) is 30.8 Å². The third-order valence-corrected chi connectivity index (χ3v) is 5.06. The van der Waals surface area contributed by atoms with E-state index in [4.69, 9.17) is 4.74 Å². The number of nitrogens with one attached hydrogen (secondary N) is 1. The van der Waals surface area contributed by atoms with Crippen molar-refractivity contribution >= 4 is 17.5 Å². The molecule has 2 aromatic carbocycles. The molecule has 0 heterocycles. The van der Waals surface area contributed by atoms with Gasteiger partial charge in [-0.05, 0) is 54.3 Å². The van der Waals surface area contributed by atoms with E-state index in [0.29, 0.717) is 22.7 Å². The normalized spacial score (nSPS) is 17.4. The maximum atomic E-state index is 12.7. The fourth-order valence-corrected chi connectivity index (χ4v) is 3.19. The molecule has 0 radical (unpaired) electrons. The van der Waals surface area contributed by atoms with Gasteiger partial charge in [-0.3, -0.25) is 9.59 Å². The van der Waals surface area contributed by atoms with Crippen LogP contribution in [0.15, 0.2) is 42.5 Å². The molecule has 2 unspecified atom stereocenters. The molecule has 2 atom stereocenters. The van der Waals surface area contributed by atoms with Crippen LogP contribution in [0.2, 0.25) is 0 Å². The number of amides is 2. The molecule has 30 heavy (non-hydrogen) atoms. The molecule has 0 spiro atoms. The Balaban J connectivity index is 1.62. The van der Waals surface area contributed by atoms with Gasteiger partial charge < -0.3 is 19.7 Å². The highest BCUT2D eigenvalue weighted by Gasteiger charge is 2.39. The second-order valence-electron chi connectivity index (χ2n) is 7.41. The standard InChI is InChI=1S/C22H24F2N2O4/c1-13-10-17(13)20(27)25-16-7-5-15(6-8-16)21(28)26(2)12-14-4-9-18(30-22(23)24)19(11-14)29-3/h4-9,11,13,17,22H,10,12H2,1-3H3,(H,25,27). The number of hydrogen-bond acceptors (Lipinski definition) is 4. The Hall–Kier alpha value is -3.16. The van der Waals surface area contributed by atoms with Gasteiger partial charge in [-0.1, -0.05) is 13.0 Å². The fourth-order valence-electron chi connectivity index (χ4n) is 3.19. The molecule has 8 heteroatoms. The summed E-state index contributed by atoms with van der Waals surface area (Å²) in [6, 6.07) is 11.3. The number of benzene rings is 2.